The van der Waals surface area contributed by atoms with Crippen molar-refractivity contribution in [2.24, 2.45) is 0 Å². The van der Waals surface area contributed by atoms with Crippen molar-refractivity contribution in [3.05, 3.63) is 0 Å². The van der Waals surface area contributed by atoms with E-state index >= 15 is 0 Å². The van der Waals surface area contributed by atoms with Crippen molar-refractivity contribution < 1.29 is 4.74 Å². The molecule has 0 saturated carbocycles. The largest absolute Gasteiger partial charge is 0.385 e. The first-order chi connectivity index (χ1) is 8.74. The number of ether oxygens (including phenoxy) is 1. The fraction of sp³-hybridized carbons (Fsp3) is 1.00. The summed E-state index contributed by atoms with van der Waals surface area (Å²) in [4.78, 5) is 0. The van der Waals surface area contributed by atoms with Crippen LogP contribution in [0, 0.1) is 0 Å². The minimum Gasteiger partial charge on any atom is -0.385 e. The highest BCUT2D eigenvalue weighted by Gasteiger charge is 2.11. The molecule has 2 nitrogen and oxygen atoms in total. The number of nitrogens with one attached hydrogen (secondary N) is 1. The zero-order valence-corrected chi connectivity index (χ0v) is 13.1. The first-order valence-corrected chi connectivity index (χ1v) is 7.99. The molecule has 1 N–H and O–H groups in total. The van der Waals surface area contributed by atoms with Crippen LogP contribution in [-0.4, -0.2) is 25.8 Å². The van der Waals surface area contributed by atoms with Gasteiger partial charge in [0.25, 0.3) is 0 Å². The van der Waals surface area contributed by atoms with Crippen molar-refractivity contribution >= 4 is 0 Å². The molecule has 0 fully saturated rings. The van der Waals surface area contributed by atoms with Crippen LogP contribution in [0.3, 0.4) is 0 Å². The Bertz CT molecular complexity index is 151. The fourth-order valence-electron chi connectivity index (χ4n) is 2.37. The highest BCUT2D eigenvalue weighted by atomic mass is 16.5. The summed E-state index contributed by atoms with van der Waals surface area (Å²) in [7, 11) is 1.78. The quantitative estimate of drug-likeness (QED) is 0.489. The molecular formula is C16H35NO. The van der Waals surface area contributed by atoms with Crippen LogP contribution in [0.2, 0.25) is 0 Å². The number of hydrogen-bond acceptors (Lipinski definition) is 2. The van der Waals surface area contributed by atoms with Gasteiger partial charge in [-0.15, -0.1) is 0 Å². The second kappa shape index (κ2) is 13.4. The maximum Gasteiger partial charge on any atom is 0.0476 e. The number of hydrogen-bond donors (Lipinski definition) is 1. The van der Waals surface area contributed by atoms with Crippen molar-refractivity contribution in [1.29, 1.82) is 0 Å². The van der Waals surface area contributed by atoms with Crippen molar-refractivity contribution in [2.75, 3.05) is 13.7 Å². The molecule has 0 radical (unpaired) electrons. The van der Waals surface area contributed by atoms with E-state index in [-0.39, 0.29) is 0 Å². The summed E-state index contributed by atoms with van der Waals surface area (Å²) in [5, 5.41) is 3.79. The summed E-state index contributed by atoms with van der Waals surface area (Å²) in [6.07, 6.45) is 11.9. The minimum atomic E-state index is 0.582. The number of methoxy groups -OCH3 is 1. The van der Waals surface area contributed by atoms with Gasteiger partial charge in [-0.1, -0.05) is 52.4 Å². The average Bonchev–Trinajstić information content (AvgIpc) is 2.36. The zero-order chi connectivity index (χ0) is 13.6. The molecule has 0 aromatic heterocycles. The van der Waals surface area contributed by atoms with E-state index in [9.17, 15) is 0 Å². The van der Waals surface area contributed by atoms with E-state index in [0.29, 0.717) is 6.04 Å². The van der Waals surface area contributed by atoms with Crippen LogP contribution < -0.4 is 5.32 Å². The van der Waals surface area contributed by atoms with E-state index in [4.69, 9.17) is 4.74 Å². The molecule has 0 aliphatic carbocycles. The molecule has 0 aliphatic rings. The molecule has 0 heterocycles. The fourth-order valence-corrected chi connectivity index (χ4v) is 2.37. The van der Waals surface area contributed by atoms with Crippen molar-refractivity contribution in [2.45, 2.75) is 90.6 Å². The van der Waals surface area contributed by atoms with E-state index in [1.54, 1.807) is 7.11 Å². The highest BCUT2D eigenvalue weighted by molar-refractivity contribution is 4.72. The SMILES string of the molecule is CCCCCC(CCCCC)NC(C)CCOC. The highest BCUT2D eigenvalue weighted by Crippen LogP contribution is 2.12. The second-order valence-electron chi connectivity index (χ2n) is 5.54. The molecule has 2 heteroatoms. The molecule has 18 heavy (non-hydrogen) atoms. The first kappa shape index (κ1) is 17.9. The normalized spacial score (nSPS) is 13.2. The summed E-state index contributed by atoms with van der Waals surface area (Å²) in [6, 6.07) is 1.30. The maximum atomic E-state index is 5.15. The van der Waals surface area contributed by atoms with Crippen molar-refractivity contribution in [3.63, 3.8) is 0 Å². The van der Waals surface area contributed by atoms with Crippen LogP contribution in [0.1, 0.15) is 78.6 Å². The van der Waals surface area contributed by atoms with Gasteiger partial charge in [0, 0.05) is 25.8 Å². The van der Waals surface area contributed by atoms with E-state index < -0.39 is 0 Å². The van der Waals surface area contributed by atoms with Gasteiger partial charge in [-0.25, -0.2) is 0 Å². The van der Waals surface area contributed by atoms with E-state index in [1.807, 2.05) is 0 Å². The molecule has 1 atom stereocenters. The Morgan fingerprint density at radius 1 is 0.889 bits per heavy atom. The Labute approximate surface area is 115 Å². The number of rotatable bonds is 13. The standard InChI is InChI=1S/C16H35NO/c1-5-7-9-11-16(12-10-8-6-2)17-15(3)13-14-18-4/h15-17H,5-14H2,1-4H3. The van der Waals surface area contributed by atoms with Gasteiger partial charge in [-0.05, 0) is 26.2 Å². The molecule has 0 amide bonds. The van der Waals surface area contributed by atoms with Crippen molar-refractivity contribution in [1.82, 2.24) is 5.32 Å². The van der Waals surface area contributed by atoms with Gasteiger partial charge in [-0.2, -0.15) is 0 Å². The zero-order valence-electron chi connectivity index (χ0n) is 13.1. The van der Waals surface area contributed by atoms with Crippen LogP contribution in [0.4, 0.5) is 0 Å². The van der Waals surface area contributed by atoms with E-state index in [1.165, 1.54) is 51.4 Å². The lowest BCUT2D eigenvalue weighted by molar-refractivity contribution is 0.181. The molecule has 110 valence electrons. The third-order valence-electron chi connectivity index (χ3n) is 3.59. The van der Waals surface area contributed by atoms with Gasteiger partial charge >= 0.3 is 0 Å². The molecule has 0 aliphatic heterocycles. The lowest BCUT2D eigenvalue weighted by atomic mass is 10.0. The van der Waals surface area contributed by atoms with Gasteiger partial charge < -0.3 is 10.1 Å². The third-order valence-corrected chi connectivity index (χ3v) is 3.59. The predicted octanol–water partition coefficient (Wildman–Crippen LogP) is 4.53. The Balaban J connectivity index is 3.85. The van der Waals surface area contributed by atoms with Gasteiger partial charge in [0.15, 0.2) is 0 Å². The Morgan fingerprint density at radius 3 is 1.89 bits per heavy atom. The summed E-state index contributed by atoms with van der Waals surface area (Å²) in [5.41, 5.74) is 0. The van der Waals surface area contributed by atoms with Crippen LogP contribution in [0.25, 0.3) is 0 Å². The van der Waals surface area contributed by atoms with Crippen LogP contribution in [0.15, 0.2) is 0 Å². The summed E-state index contributed by atoms with van der Waals surface area (Å²) in [5.74, 6) is 0. The summed E-state index contributed by atoms with van der Waals surface area (Å²) >= 11 is 0. The Morgan fingerprint density at radius 2 is 1.44 bits per heavy atom. The lowest BCUT2D eigenvalue weighted by Gasteiger charge is -2.23. The lowest BCUT2D eigenvalue weighted by Crippen LogP contribution is -2.37. The topological polar surface area (TPSA) is 21.3 Å². The molecular weight excluding hydrogens is 222 g/mol. The van der Waals surface area contributed by atoms with E-state index in [0.717, 1.165) is 19.1 Å². The Kier molecular flexibility index (Phi) is 13.3. The molecule has 0 rings (SSSR count). The predicted molar refractivity (Wildman–Crippen MR) is 81.2 cm³/mol. The second-order valence-corrected chi connectivity index (χ2v) is 5.54. The summed E-state index contributed by atoms with van der Waals surface area (Å²) in [6.45, 7) is 7.71. The van der Waals surface area contributed by atoms with Crippen LogP contribution in [0.5, 0.6) is 0 Å². The molecule has 0 saturated heterocycles. The van der Waals surface area contributed by atoms with Gasteiger partial charge in [0.1, 0.15) is 0 Å². The number of unbranched alkanes of at least 4 members (excludes halogenated alkanes) is 4. The Hall–Kier alpha value is -0.0800. The third kappa shape index (κ3) is 11.0. The van der Waals surface area contributed by atoms with E-state index in [2.05, 4.69) is 26.1 Å². The maximum absolute atomic E-state index is 5.15. The van der Waals surface area contributed by atoms with Crippen LogP contribution >= 0.6 is 0 Å². The summed E-state index contributed by atoms with van der Waals surface area (Å²) < 4.78 is 5.15. The molecule has 0 aromatic rings. The van der Waals surface area contributed by atoms with Gasteiger partial charge in [0.2, 0.25) is 0 Å². The van der Waals surface area contributed by atoms with Crippen molar-refractivity contribution in [3.8, 4) is 0 Å². The first-order valence-electron chi connectivity index (χ1n) is 7.99. The monoisotopic (exact) mass is 257 g/mol. The van der Waals surface area contributed by atoms with Gasteiger partial charge in [0.05, 0.1) is 0 Å². The average molecular weight is 257 g/mol. The minimum absolute atomic E-state index is 0.582. The van der Waals surface area contributed by atoms with Gasteiger partial charge in [-0.3, -0.25) is 0 Å². The molecule has 0 aromatic carbocycles. The molecule has 1 unspecified atom stereocenters. The molecule has 0 bridgehead atoms. The molecule has 0 spiro atoms. The smallest absolute Gasteiger partial charge is 0.0476 e. The van der Waals surface area contributed by atoms with Crippen LogP contribution in [-0.2, 0) is 4.74 Å².